The SMILES string of the molecule is COc1cccc(-n2c(=O)c3ccccc3n3c(SCC(=O)Nc4ccccc4Cl)nnc23)c1. The Bertz CT molecular complexity index is 1600. The molecule has 0 aliphatic heterocycles. The standard InChI is InChI=1S/C24H18ClN5O3S/c1-33-16-8-6-7-15(13-16)29-22(32)17-9-2-5-12-20(17)30-23(29)27-28-24(30)34-14-21(31)26-19-11-4-3-10-18(19)25/h2-13H,14H2,1H3,(H,26,31). The van der Waals surface area contributed by atoms with Crippen LogP contribution in [0.2, 0.25) is 5.02 Å². The molecule has 170 valence electrons. The maximum Gasteiger partial charge on any atom is 0.267 e. The Morgan fingerprint density at radius 1 is 1.06 bits per heavy atom. The molecule has 10 heteroatoms. The molecule has 3 aromatic carbocycles. The van der Waals surface area contributed by atoms with Gasteiger partial charge in [0.25, 0.3) is 5.56 Å². The number of amides is 1. The van der Waals surface area contributed by atoms with Crippen molar-refractivity contribution >= 4 is 51.6 Å². The van der Waals surface area contributed by atoms with E-state index in [1.54, 1.807) is 72.2 Å². The molecule has 0 saturated heterocycles. The van der Waals surface area contributed by atoms with E-state index >= 15 is 0 Å². The number of anilines is 1. The zero-order valence-corrected chi connectivity index (χ0v) is 19.5. The van der Waals surface area contributed by atoms with Gasteiger partial charge >= 0.3 is 0 Å². The number of methoxy groups -OCH3 is 1. The topological polar surface area (TPSA) is 90.5 Å². The number of benzene rings is 3. The van der Waals surface area contributed by atoms with Gasteiger partial charge in [-0.25, -0.2) is 4.57 Å². The van der Waals surface area contributed by atoms with Crippen LogP contribution in [0.25, 0.3) is 22.4 Å². The molecule has 0 aliphatic carbocycles. The van der Waals surface area contributed by atoms with Crippen LogP contribution in [0.15, 0.2) is 82.7 Å². The average molecular weight is 492 g/mol. The highest BCUT2D eigenvalue weighted by Gasteiger charge is 2.19. The van der Waals surface area contributed by atoms with Gasteiger partial charge in [-0.15, -0.1) is 10.2 Å². The van der Waals surface area contributed by atoms with Crippen LogP contribution in [0.5, 0.6) is 5.75 Å². The van der Waals surface area contributed by atoms with Gasteiger partial charge in [0.2, 0.25) is 11.7 Å². The van der Waals surface area contributed by atoms with Crippen LogP contribution in [0.1, 0.15) is 0 Å². The monoisotopic (exact) mass is 491 g/mol. The van der Waals surface area contributed by atoms with Gasteiger partial charge in [0.1, 0.15) is 5.75 Å². The third kappa shape index (κ3) is 4.00. The number of aromatic nitrogens is 4. The molecule has 0 fully saturated rings. The molecule has 0 atom stereocenters. The van der Waals surface area contributed by atoms with Gasteiger partial charge in [0.05, 0.1) is 40.2 Å². The lowest BCUT2D eigenvalue weighted by Crippen LogP contribution is -2.22. The first-order chi connectivity index (χ1) is 16.6. The normalized spacial score (nSPS) is 11.1. The van der Waals surface area contributed by atoms with Crippen molar-refractivity contribution < 1.29 is 9.53 Å². The van der Waals surface area contributed by atoms with Crippen molar-refractivity contribution in [2.75, 3.05) is 18.2 Å². The molecule has 34 heavy (non-hydrogen) atoms. The van der Waals surface area contributed by atoms with Crippen molar-refractivity contribution in [2.45, 2.75) is 5.16 Å². The van der Waals surface area contributed by atoms with Gasteiger partial charge in [-0.05, 0) is 36.4 Å². The third-order valence-corrected chi connectivity index (χ3v) is 6.45. The minimum atomic E-state index is -0.236. The number of halogens is 1. The molecule has 5 rings (SSSR count). The summed E-state index contributed by atoms with van der Waals surface area (Å²) >= 11 is 7.35. The fourth-order valence-corrected chi connectivity index (χ4v) is 4.56. The lowest BCUT2D eigenvalue weighted by atomic mass is 10.2. The highest BCUT2D eigenvalue weighted by atomic mass is 35.5. The number of para-hydroxylation sites is 2. The quantitative estimate of drug-likeness (QED) is 0.353. The second kappa shape index (κ2) is 9.20. The molecule has 0 spiro atoms. The van der Waals surface area contributed by atoms with Crippen LogP contribution in [0, 0.1) is 0 Å². The summed E-state index contributed by atoms with van der Waals surface area (Å²) in [5.74, 6) is 0.797. The second-order valence-electron chi connectivity index (χ2n) is 7.29. The van der Waals surface area contributed by atoms with E-state index in [1.807, 2.05) is 12.1 Å². The number of carbonyl (C=O) groups excluding carboxylic acids is 1. The maximum atomic E-state index is 13.4. The Hall–Kier alpha value is -3.82. The number of fused-ring (bicyclic) bond motifs is 3. The number of nitrogens with one attached hydrogen (secondary N) is 1. The number of ether oxygens (including phenoxy) is 1. The number of nitrogens with zero attached hydrogens (tertiary/aromatic N) is 4. The third-order valence-electron chi connectivity index (χ3n) is 5.19. The van der Waals surface area contributed by atoms with Gasteiger partial charge in [0.15, 0.2) is 5.16 Å². The van der Waals surface area contributed by atoms with E-state index in [0.29, 0.717) is 44.0 Å². The van der Waals surface area contributed by atoms with Crippen molar-refractivity contribution in [3.63, 3.8) is 0 Å². The molecule has 2 aromatic heterocycles. The summed E-state index contributed by atoms with van der Waals surface area (Å²) in [6.45, 7) is 0. The predicted octanol–water partition coefficient (Wildman–Crippen LogP) is 4.43. The molecule has 0 saturated carbocycles. The lowest BCUT2D eigenvalue weighted by Gasteiger charge is -2.12. The van der Waals surface area contributed by atoms with Crippen molar-refractivity contribution in [2.24, 2.45) is 0 Å². The zero-order valence-electron chi connectivity index (χ0n) is 17.9. The summed E-state index contributed by atoms with van der Waals surface area (Å²) in [6, 6.07) is 21.4. The molecule has 2 heterocycles. The van der Waals surface area contributed by atoms with Crippen LogP contribution in [-0.4, -0.2) is 37.9 Å². The lowest BCUT2D eigenvalue weighted by molar-refractivity contribution is -0.113. The largest absolute Gasteiger partial charge is 0.497 e. The Morgan fingerprint density at radius 2 is 1.85 bits per heavy atom. The molecule has 1 amide bonds. The smallest absolute Gasteiger partial charge is 0.267 e. The summed E-state index contributed by atoms with van der Waals surface area (Å²) < 4.78 is 8.60. The first kappa shape index (κ1) is 22.0. The molecule has 0 unspecified atom stereocenters. The maximum absolute atomic E-state index is 13.4. The van der Waals surface area contributed by atoms with Crippen LogP contribution >= 0.6 is 23.4 Å². The fourth-order valence-electron chi connectivity index (χ4n) is 3.63. The van der Waals surface area contributed by atoms with E-state index < -0.39 is 0 Å². The van der Waals surface area contributed by atoms with Gasteiger partial charge in [0, 0.05) is 6.07 Å². The molecule has 0 bridgehead atoms. The summed E-state index contributed by atoms with van der Waals surface area (Å²) in [7, 11) is 1.57. The van der Waals surface area contributed by atoms with E-state index in [2.05, 4.69) is 15.5 Å². The summed E-state index contributed by atoms with van der Waals surface area (Å²) in [5.41, 5.74) is 1.57. The van der Waals surface area contributed by atoms with Crippen LogP contribution in [-0.2, 0) is 4.79 Å². The molecule has 1 N–H and O–H groups in total. The van der Waals surface area contributed by atoms with Gasteiger partial charge in [-0.1, -0.05) is 53.7 Å². The van der Waals surface area contributed by atoms with Crippen molar-refractivity contribution in [1.29, 1.82) is 0 Å². The van der Waals surface area contributed by atoms with Gasteiger partial charge < -0.3 is 10.1 Å². The second-order valence-corrected chi connectivity index (χ2v) is 8.64. The van der Waals surface area contributed by atoms with Crippen LogP contribution in [0.4, 0.5) is 5.69 Å². The number of hydrogen-bond acceptors (Lipinski definition) is 6. The minimum absolute atomic E-state index is 0.0820. The predicted molar refractivity (Wildman–Crippen MR) is 133 cm³/mol. The zero-order chi connectivity index (χ0) is 23.7. The molecular formula is C24H18ClN5O3S. The average Bonchev–Trinajstić information content (AvgIpc) is 3.28. The first-order valence-corrected chi connectivity index (χ1v) is 11.6. The Balaban J connectivity index is 1.57. The van der Waals surface area contributed by atoms with Crippen molar-refractivity contribution in [3.8, 4) is 11.4 Å². The van der Waals surface area contributed by atoms with E-state index in [9.17, 15) is 9.59 Å². The molecule has 8 nitrogen and oxygen atoms in total. The van der Waals surface area contributed by atoms with Crippen LogP contribution in [0.3, 0.4) is 0 Å². The fraction of sp³-hybridized carbons (Fsp3) is 0.0833. The van der Waals surface area contributed by atoms with E-state index in [-0.39, 0.29) is 17.2 Å². The molecule has 5 aromatic rings. The van der Waals surface area contributed by atoms with Gasteiger partial charge in [-0.3, -0.25) is 14.0 Å². The Kier molecular flexibility index (Phi) is 5.95. The van der Waals surface area contributed by atoms with E-state index in [4.69, 9.17) is 16.3 Å². The Labute approximate surface area is 203 Å². The van der Waals surface area contributed by atoms with Gasteiger partial charge in [-0.2, -0.15) is 0 Å². The number of rotatable bonds is 6. The minimum Gasteiger partial charge on any atom is -0.497 e. The van der Waals surface area contributed by atoms with E-state index in [0.717, 1.165) is 0 Å². The summed E-state index contributed by atoms with van der Waals surface area (Å²) in [4.78, 5) is 26.0. The van der Waals surface area contributed by atoms with Crippen LogP contribution < -0.4 is 15.6 Å². The van der Waals surface area contributed by atoms with E-state index in [1.165, 1.54) is 16.3 Å². The number of carbonyl (C=O) groups is 1. The summed E-state index contributed by atoms with van der Waals surface area (Å²) in [5, 5.41) is 12.8. The Morgan fingerprint density at radius 3 is 2.68 bits per heavy atom. The first-order valence-electron chi connectivity index (χ1n) is 10.3. The molecule has 0 radical (unpaired) electrons. The number of thioether (sulfide) groups is 1. The van der Waals surface area contributed by atoms with Crippen molar-refractivity contribution in [3.05, 3.63) is 88.2 Å². The number of hydrogen-bond donors (Lipinski definition) is 1. The molecule has 0 aliphatic rings. The van der Waals surface area contributed by atoms with Crippen molar-refractivity contribution in [1.82, 2.24) is 19.2 Å². The summed E-state index contributed by atoms with van der Waals surface area (Å²) in [6.07, 6.45) is 0. The molecular weight excluding hydrogens is 474 g/mol. The highest BCUT2D eigenvalue weighted by Crippen LogP contribution is 2.25. The highest BCUT2D eigenvalue weighted by molar-refractivity contribution is 7.99.